The normalized spacial score (nSPS) is 10.3. The number of rotatable bonds is 5. The summed E-state index contributed by atoms with van der Waals surface area (Å²) in [4.78, 5) is 24.4. The molecule has 5 nitrogen and oxygen atoms in total. The molecule has 1 rings (SSSR count). The molecule has 0 aliphatic rings. The minimum Gasteiger partial charge on any atom is -0.447 e. The van der Waals surface area contributed by atoms with Gasteiger partial charge in [0.25, 0.3) is 0 Å². The van der Waals surface area contributed by atoms with Crippen LogP contribution in [0.25, 0.3) is 0 Å². The fourth-order valence-corrected chi connectivity index (χ4v) is 1.55. The van der Waals surface area contributed by atoms with E-state index in [0.29, 0.717) is 12.3 Å². The Balaban J connectivity index is 2.54. The summed E-state index contributed by atoms with van der Waals surface area (Å²) in [7, 11) is 0.0778. The third-order valence-electron chi connectivity index (χ3n) is 2.12. The van der Waals surface area contributed by atoms with Crippen molar-refractivity contribution >= 4 is 20.9 Å². The highest BCUT2D eigenvalue weighted by molar-refractivity contribution is 7.31. The van der Waals surface area contributed by atoms with Gasteiger partial charge in [-0.2, -0.15) is 0 Å². The number of carbonyl (C=O) groups is 2. The molecule has 6 heteroatoms. The summed E-state index contributed by atoms with van der Waals surface area (Å²) < 4.78 is 9.94. The lowest BCUT2D eigenvalue weighted by Crippen LogP contribution is -2.37. The highest BCUT2D eigenvalue weighted by atomic mass is 31.1. The number of hydrogen-bond donors (Lipinski definition) is 0. The first-order chi connectivity index (χ1) is 8.67. The molecule has 0 bridgehead atoms. The number of ether oxygens (including phenoxy) is 1. The van der Waals surface area contributed by atoms with Gasteiger partial charge in [0.15, 0.2) is 0 Å². The van der Waals surface area contributed by atoms with Gasteiger partial charge in [0.1, 0.15) is 12.3 Å². The zero-order valence-electron chi connectivity index (χ0n) is 10.4. The van der Waals surface area contributed by atoms with Crippen molar-refractivity contribution < 1.29 is 18.8 Å². The van der Waals surface area contributed by atoms with Crippen LogP contribution in [0.3, 0.4) is 0 Å². The molecule has 98 valence electrons. The van der Waals surface area contributed by atoms with Crippen LogP contribution in [0.15, 0.2) is 30.3 Å². The summed E-state index contributed by atoms with van der Waals surface area (Å²) >= 11 is 0. The Kier molecular flexibility index (Phi) is 6.15. The Hall–Kier alpha value is -1.61. The summed E-state index contributed by atoms with van der Waals surface area (Å²) in [5.74, 6) is 0.0226. The van der Waals surface area contributed by atoms with Crippen molar-refractivity contribution in [1.29, 1.82) is 0 Å². The molecule has 1 atom stereocenters. The van der Waals surface area contributed by atoms with E-state index in [1.165, 1.54) is 4.90 Å². The smallest absolute Gasteiger partial charge is 0.415 e. The van der Waals surface area contributed by atoms with Gasteiger partial charge in [-0.15, -0.1) is 0 Å². The summed E-state index contributed by atoms with van der Waals surface area (Å²) in [5, 5.41) is 0. The van der Waals surface area contributed by atoms with E-state index in [1.807, 2.05) is 6.07 Å². The van der Waals surface area contributed by atoms with Gasteiger partial charge in [-0.1, -0.05) is 18.2 Å². The fourth-order valence-electron chi connectivity index (χ4n) is 1.26. The van der Waals surface area contributed by atoms with Crippen LogP contribution >= 0.6 is 8.81 Å². The Bertz CT molecular complexity index is 396. The van der Waals surface area contributed by atoms with Gasteiger partial charge in [0, 0.05) is 6.54 Å². The second-order valence-electron chi connectivity index (χ2n) is 3.37. The van der Waals surface area contributed by atoms with Crippen LogP contribution in [-0.2, 0) is 9.32 Å². The molecular formula is C12H16NO4P. The molecule has 0 heterocycles. The van der Waals surface area contributed by atoms with Crippen LogP contribution in [0.2, 0.25) is 0 Å². The predicted octanol–water partition coefficient (Wildman–Crippen LogP) is 2.27. The lowest BCUT2D eigenvalue weighted by molar-refractivity contribution is -0.134. The van der Waals surface area contributed by atoms with Gasteiger partial charge >= 0.3 is 12.1 Å². The third-order valence-corrected chi connectivity index (χ3v) is 2.56. The molecule has 0 N–H and O–H groups in total. The minimum absolute atomic E-state index is 0.0778. The third kappa shape index (κ3) is 4.72. The molecule has 0 saturated heterocycles. The van der Waals surface area contributed by atoms with Gasteiger partial charge in [-0.3, -0.25) is 4.90 Å². The maximum Gasteiger partial charge on any atom is 0.415 e. The first kappa shape index (κ1) is 14.5. The highest BCUT2D eigenvalue weighted by Gasteiger charge is 2.18. The molecule has 0 aliphatic heterocycles. The lowest BCUT2D eigenvalue weighted by Gasteiger charge is -2.18. The van der Waals surface area contributed by atoms with E-state index in [1.54, 1.807) is 37.9 Å². The van der Waals surface area contributed by atoms with E-state index >= 15 is 0 Å². The summed E-state index contributed by atoms with van der Waals surface area (Å²) in [6.45, 7) is 3.81. The maximum atomic E-state index is 11.8. The molecule has 0 saturated carbocycles. The maximum absolute atomic E-state index is 11.8. The van der Waals surface area contributed by atoms with E-state index in [4.69, 9.17) is 9.26 Å². The Labute approximate surface area is 108 Å². The molecule has 0 aromatic heterocycles. The number of likely N-dealkylation sites (N-methyl/N-ethyl adjacent to an activating group) is 1. The number of para-hydroxylation sites is 1. The van der Waals surface area contributed by atoms with E-state index in [9.17, 15) is 9.59 Å². The van der Waals surface area contributed by atoms with Crippen molar-refractivity contribution in [2.24, 2.45) is 0 Å². The molecule has 0 fully saturated rings. The molecule has 1 aromatic rings. The zero-order chi connectivity index (χ0) is 13.4. The van der Waals surface area contributed by atoms with Crippen molar-refractivity contribution in [3.8, 4) is 5.75 Å². The number of hydrogen-bond acceptors (Lipinski definition) is 4. The summed E-state index contributed by atoms with van der Waals surface area (Å²) in [6.07, 6.45) is -0.555. The van der Waals surface area contributed by atoms with Gasteiger partial charge < -0.3 is 9.26 Å². The van der Waals surface area contributed by atoms with Crippen LogP contribution in [-0.4, -0.2) is 36.7 Å². The highest BCUT2D eigenvalue weighted by Crippen LogP contribution is 2.11. The first-order valence-corrected chi connectivity index (χ1v) is 6.96. The lowest BCUT2D eigenvalue weighted by atomic mass is 10.3. The molecule has 1 amide bonds. The minimum atomic E-state index is -0.555. The molecular weight excluding hydrogens is 253 g/mol. The van der Waals surface area contributed by atoms with E-state index < -0.39 is 12.1 Å². The van der Waals surface area contributed by atoms with Crippen LogP contribution in [0.4, 0.5) is 4.79 Å². The molecule has 1 unspecified atom stereocenters. The molecule has 18 heavy (non-hydrogen) atoms. The second-order valence-corrected chi connectivity index (χ2v) is 3.99. The first-order valence-electron chi connectivity index (χ1n) is 5.55. The number of carbonyl (C=O) groups excluding carboxylic acids is 2. The van der Waals surface area contributed by atoms with Crippen LogP contribution in [0.1, 0.15) is 6.92 Å². The van der Waals surface area contributed by atoms with Crippen LogP contribution in [0, 0.1) is 0 Å². The van der Waals surface area contributed by atoms with E-state index in [2.05, 4.69) is 0 Å². The molecule has 1 aromatic carbocycles. The number of benzene rings is 1. The number of amides is 1. The van der Waals surface area contributed by atoms with Crippen molar-refractivity contribution in [3.63, 3.8) is 0 Å². The van der Waals surface area contributed by atoms with E-state index in [-0.39, 0.29) is 15.4 Å². The Morgan fingerprint density at radius 3 is 2.50 bits per heavy atom. The van der Waals surface area contributed by atoms with Crippen molar-refractivity contribution in [1.82, 2.24) is 4.90 Å². The average molecular weight is 269 g/mol. The topological polar surface area (TPSA) is 55.8 Å². The number of nitrogens with zero attached hydrogens (tertiary/aromatic N) is 1. The monoisotopic (exact) mass is 269 g/mol. The van der Waals surface area contributed by atoms with E-state index in [0.717, 1.165) is 0 Å². The SMILES string of the molecule is CCN(CC(=O)OPC)C(=O)Oc1ccccc1. The quantitative estimate of drug-likeness (QED) is 0.769. The molecule has 0 spiro atoms. The van der Waals surface area contributed by atoms with Gasteiger partial charge in [0.2, 0.25) is 0 Å². The van der Waals surface area contributed by atoms with Crippen molar-refractivity contribution in [2.75, 3.05) is 19.8 Å². The van der Waals surface area contributed by atoms with Crippen molar-refractivity contribution in [2.45, 2.75) is 6.92 Å². The summed E-state index contributed by atoms with van der Waals surface area (Å²) in [5.41, 5.74) is 0. The van der Waals surface area contributed by atoms with Crippen LogP contribution < -0.4 is 4.74 Å². The average Bonchev–Trinajstić information content (AvgIpc) is 2.37. The predicted molar refractivity (Wildman–Crippen MR) is 70.0 cm³/mol. The van der Waals surface area contributed by atoms with Gasteiger partial charge in [-0.25, -0.2) is 9.59 Å². The summed E-state index contributed by atoms with van der Waals surface area (Å²) in [6, 6.07) is 8.72. The largest absolute Gasteiger partial charge is 0.447 e. The van der Waals surface area contributed by atoms with Gasteiger partial charge in [-0.05, 0) is 25.7 Å². The zero-order valence-corrected chi connectivity index (χ0v) is 11.4. The molecule has 0 aliphatic carbocycles. The molecule has 0 radical (unpaired) electrons. The Morgan fingerprint density at radius 1 is 1.28 bits per heavy atom. The standard InChI is InChI=1S/C12H16NO4P/c1-3-13(9-11(14)17-18-2)12(15)16-10-7-5-4-6-8-10/h4-8,18H,3,9H2,1-2H3. The van der Waals surface area contributed by atoms with Crippen LogP contribution in [0.5, 0.6) is 5.75 Å². The van der Waals surface area contributed by atoms with Gasteiger partial charge in [0.05, 0.1) is 8.81 Å². The van der Waals surface area contributed by atoms with Crippen molar-refractivity contribution in [3.05, 3.63) is 30.3 Å². The Morgan fingerprint density at radius 2 is 1.94 bits per heavy atom. The fraction of sp³-hybridized carbons (Fsp3) is 0.333. The second kappa shape index (κ2) is 7.67.